The van der Waals surface area contributed by atoms with Crippen LogP contribution in [0.15, 0.2) is 80.6 Å². The van der Waals surface area contributed by atoms with E-state index in [1.165, 1.54) is 4.90 Å². The maximum Gasteiger partial charge on any atom is 0.293 e. The highest BCUT2D eigenvalue weighted by Crippen LogP contribution is 2.38. The number of halogens is 2. The lowest BCUT2D eigenvalue weighted by Crippen LogP contribution is -2.27. The second kappa shape index (κ2) is 10.6. The molecule has 1 fully saturated rings. The highest BCUT2D eigenvalue weighted by molar-refractivity contribution is 9.10. The van der Waals surface area contributed by atoms with Gasteiger partial charge in [-0.1, -0.05) is 74.3 Å². The van der Waals surface area contributed by atoms with Crippen LogP contribution in [0.3, 0.4) is 0 Å². The first-order valence-corrected chi connectivity index (χ1v) is 12.4. The molecule has 0 spiro atoms. The van der Waals surface area contributed by atoms with Gasteiger partial charge in [0.05, 0.1) is 18.6 Å². The lowest BCUT2D eigenvalue weighted by atomic mass is 10.1. The summed E-state index contributed by atoms with van der Waals surface area (Å²) in [4.78, 5) is 27.2. The van der Waals surface area contributed by atoms with E-state index in [9.17, 15) is 9.59 Å². The number of rotatable bonds is 7. The van der Waals surface area contributed by atoms with Crippen molar-refractivity contribution in [2.75, 3.05) is 7.11 Å². The van der Waals surface area contributed by atoms with Crippen LogP contribution in [0.5, 0.6) is 11.5 Å². The van der Waals surface area contributed by atoms with E-state index in [0.717, 1.165) is 31.8 Å². The minimum atomic E-state index is -0.331. The van der Waals surface area contributed by atoms with Gasteiger partial charge in [-0.05, 0) is 53.2 Å². The minimum Gasteiger partial charge on any atom is -0.493 e. The number of methoxy groups -OCH3 is 1. The van der Waals surface area contributed by atoms with Crippen molar-refractivity contribution in [3.8, 4) is 11.5 Å². The highest BCUT2D eigenvalue weighted by atomic mass is 79.9. The molecule has 3 aromatic carbocycles. The molecule has 1 aliphatic rings. The molecule has 0 atom stereocenters. The smallest absolute Gasteiger partial charge is 0.293 e. The monoisotopic (exact) mass is 587 g/mol. The van der Waals surface area contributed by atoms with Crippen LogP contribution < -0.4 is 9.47 Å². The summed E-state index contributed by atoms with van der Waals surface area (Å²) in [5.74, 6) is 0.733. The average Bonchev–Trinajstić information content (AvgIpc) is 3.07. The van der Waals surface area contributed by atoms with Crippen LogP contribution in [0.2, 0.25) is 0 Å². The third-order valence-corrected chi connectivity index (χ3v) is 7.18. The van der Waals surface area contributed by atoms with E-state index in [2.05, 4.69) is 31.9 Å². The highest BCUT2D eigenvalue weighted by Gasteiger charge is 2.35. The largest absolute Gasteiger partial charge is 0.493 e. The molecule has 3 aromatic rings. The summed E-state index contributed by atoms with van der Waals surface area (Å²) >= 11 is 7.82. The summed E-state index contributed by atoms with van der Waals surface area (Å²) in [5.41, 5.74) is 2.52. The number of carbonyl (C=O) groups is 2. The topological polar surface area (TPSA) is 55.8 Å². The maximum absolute atomic E-state index is 13.0. The van der Waals surface area contributed by atoms with E-state index in [1.807, 2.05) is 60.7 Å². The number of nitrogens with zero attached hydrogens (tertiary/aromatic N) is 1. The quantitative estimate of drug-likeness (QED) is 0.277. The molecule has 0 aromatic heterocycles. The van der Waals surface area contributed by atoms with Crippen LogP contribution in [-0.4, -0.2) is 23.2 Å². The van der Waals surface area contributed by atoms with Gasteiger partial charge in [0.2, 0.25) is 0 Å². The van der Waals surface area contributed by atoms with E-state index < -0.39 is 0 Å². The summed E-state index contributed by atoms with van der Waals surface area (Å²) in [6, 6.07) is 20.8. The van der Waals surface area contributed by atoms with Gasteiger partial charge in [0.25, 0.3) is 11.1 Å². The van der Waals surface area contributed by atoms with Crippen molar-refractivity contribution >= 4 is 60.8 Å². The number of benzene rings is 3. The third kappa shape index (κ3) is 5.51. The molecule has 0 saturated carbocycles. The first-order valence-electron chi connectivity index (χ1n) is 9.99. The molecule has 8 heteroatoms. The fraction of sp³-hybridized carbons (Fsp3) is 0.120. The van der Waals surface area contributed by atoms with Crippen LogP contribution in [0.25, 0.3) is 6.08 Å². The van der Waals surface area contributed by atoms with Gasteiger partial charge >= 0.3 is 0 Å². The Labute approximate surface area is 213 Å². The Morgan fingerprint density at radius 1 is 0.970 bits per heavy atom. The Hall–Kier alpha value is -2.55. The van der Waals surface area contributed by atoms with Gasteiger partial charge in [0.15, 0.2) is 11.5 Å². The van der Waals surface area contributed by atoms with Gasteiger partial charge in [-0.25, -0.2) is 0 Å². The zero-order valence-corrected chi connectivity index (χ0v) is 21.6. The zero-order chi connectivity index (χ0) is 23.4. The molecule has 0 radical (unpaired) electrons. The fourth-order valence-electron chi connectivity index (χ4n) is 3.27. The van der Waals surface area contributed by atoms with Gasteiger partial charge in [-0.15, -0.1) is 0 Å². The number of imide groups is 1. The van der Waals surface area contributed by atoms with Crippen LogP contribution in [-0.2, 0) is 17.9 Å². The molecule has 1 heterocycles. The standard InChI is InChI=1S/C25H19Br2NO4S/c1-31-21-8-4-6-17(23(21)32-15-16-9-11-19(26)12-10-16)13-22-24(29)28(25(30)33-22)14-18-5-2-3-7-20(18)27/h2-13H,14-15H2,1H3/b22-13-. The Balaban J connectivity index is 1.59. The predicted molar refractivity (Wildman–Crippen MR) is 137 cm³/mol. The van der Waals surface area contributed by atoms with Gasteiger partial charge in [0.1, 0.15) is 6.61 Å². The van der Waals surface area contributed by atoms with Crippen LogP contribution in [0.4, 0.5) is 4.79 Å². The second-order valence-corrected chi connectivity index (χ2v) is 9.92. The van der Waals surface area contributed by atoms with E-state index in [1.54, 1.807) is 19.3 Å². The second-order valence-electron chi connectivity index (χ2n) is 7.15. The normalized spacial score (nSPS) is 14.8. The van der Waals surface area contributed by atoms with Gasteiger partial charge in [0, 0.05) is 14.5 Å². The molecule has 0 N–H and O–H groups in total. The molecular formula is C25H19Br2NO4S. The minimum absolute atomic E-state index is 0.203. The summed E-state index contributed by atoms with van der Waals surface area (Å²) in [6.07, 6.45) is 1.68. The molecule has 0 bridgehead atoms. The average molecular weight is 589 g/mol. The van der Waals surface area contributed by atoms with Crippen LogP contribution in [0.1, 0.15) is 16.7 Å². The van der Waals surface area contributed by atoms with Gasteiger partial charge in [-0.3, -0.25) is 14.5 Å². The molecule has 4 rings (SSSR count). The molecule has 1 aliphatic heterocycles. The summed E-state index contributed by atoms with van der Waals surface area (Å²) in [6.45, 7) is 0.534. The fourth-order valence-corrected chi connectivity index (χ4v) is 4.78. The molecule has 5 nitrogen and oxygen atoms in total. The maximum atomic E-state index is 13.0. The Morgan fingerprint density at radius 3 is 2.45 bits per heavy atom. The van der Waals surface area contributed by atoms with Crippen molar-refractivity contribution in [2.24, 2.45) is 0 Å². The SMILES string of the molecule is COc1cccc(/C=C2\SC(=O)N(Cc3ccccc3Br)C2=O)c1OCc1ccc(Br)cc1. The number of hydrogen-bond donors (Lipinski definition) is 0. The molecule has 1 saturated heterocycles. The molecule has 33 heavy (non-hydrogen) atoms. The first kappa shape index (κ1) is 23.6. The predicted octanol–water partition coefficient (Wildman–Crippen LogP) is 7.04. The molecular weight excluding hydrogens is 570 g/mol. The number of hydrogen-bond acceptors (Lipinski definition) is 5. The van der Waals surface area contributed by atoms with Crippen molar-refractivity contribution in [3.63, 3.8) is 0 Å². The van der Waals surface area contributed by atoms with Crippen molar-refractivity contribution in [1.82, 2.24) is 4.90 Å². The van der Waals surface area contributed by atoms with E-state index >= 15 is 0 Å². The number of ether oxygens (including phenoxy) is 2. The number of carbonyl (C=O) groups excluding carboxylic acids is 2. The van der Waals surface area contributed by atoms with Crippen molar-refractivity contribution in [2.45, 2.75) is 13.2 Å². The molecule has 168 valence electrons. The number of thioether (sulfide) groups is 1. The molecule has 2 amide bonds. The van der Waals surface area contributed by atoms with E-state index in [-0.39, 0.29) is 17.7 Å². The van der Waals surface area contributed by atoms with E-state index in [0.29, 0.717) is 28.6 Å². The summed E-state index contributed by atoms with van der Waals surface area (Å²) < 4.78 is 13.4. The summed E-state index contributed by atoms with van der Waals surface area (Å²) in [7, 11) is 1.57. The summed E-state index contributed by atoms with van der Waals surface area (Å²) in [5, 5.41) is -0.303. The molecule has 0 aliphatic carbocycles. The Morgan fingerprint density at radius 2 is 1.73 bits per heavy atom. The lowest BCUT2D eigenvalue weighted by Gasteiger charge is -2.14. The first-order chi connectivity index (χ1) is 16.0. The van der Waals surface area contributed by atoms with Crippen LogP contribution >= 0.6 is 43.6 Å². The number of para-hydroxylation sites is 1. The van der Waals surface area contributed by atoms with Crippen molar-refractivity contribution in [1.29, 1.82) is 0 Å². The molecule has 0 unspecified atom stereocenters. The van der Waals surface area contributed by atoms with Crippen LogP contribution in [0, 0.1) is 0 Å². The Bertz CT molecular complexity index is 1230. The lowest BCUT2D eigenvalue weighted by molar-refractivity contribution is -0.123. The van der Waals surface area contributed by atoms with Gasteiger partial charge < -0.3 is 9.47 Å². The van der Waals surface area contributed by atoms with E-state index in [4.69, 9.17) is 9.47 Å². The Kier molecular flexibility index (Phi) is 7.57. The van der Waals surface area contributed by atoms with Gasteiger partial charge in [-0.2, -0.15) is 0 Å². The zero-order valence-electron chi connectivity index (χ0n) is 17.6. The third-order valence-electron chi connectivity index (χ3n) is 4.97. The van der Waals surface area contributed by atoms with Crippen molar-refractivity contribution < 1.29 is 19.1 Å². The van der Waals surface area contributed by atoms with Crippen molar-refractivity contribution in [3.05, 3.63) is 97.3 Å². The number of amides is 2.